The van der Waals surface area contributed by atoms with Crippen LogP contribution < -0.4 is 5.73 Å². The summed E-state index contributed by atoms with van der Waals surface area (Å²) in [7, 11) is 0. The van der Waals surface area contributed by atoms with Crippen molar-refractivity contribution in [3.05, 3.63) is 35.7 Å². The van der Waals surface area contributed by atoms with Crippen LogP contribution in [0.5, 0.6) is 0 Å². The van der Waals surface area contributed by atoms with Gasteiger partial charge in [-0.2, -0.15) is 0 Å². The average molecular weight is 202 g/mol. The van der Waals surface area contributed by atoms with Crippen LogP contribution in [-0.4, -0.2) is 4.57 Å². The minimum absolute atomic E-state index is 0.282. The highest BCUT2D eigenvalue weighted by Gasteiger charge is 2.23. The highest BCUT2D eigenvalue weighted by Crippen LogP contribution is 2.33. The van der Waals surface area contributed by atoms with Gasteiger partial charge in [-0.3, -0.25) is 0 Å². The van der Waals surface area contributed by atoms with Crippen molar-refractivity contribution < 1.29 is 0 Å². The first-order chi connectivity index (χ1) is 7.36. The maximum atomic E-state index is 6.13. The fourth-order valence-corrected chi connectivity index (χ4v) is 2.92. The molecule has 1 aromatic heterocycles. The smallest absolute Gasteiger partial charge is 0.0402 e. The maximum absolute atomic E-state index is 6.13. The predicted molar refractivity (Wildman–Crippen MR) is 61.7 cm³/mol. The second-order valence-corrected chi connectivity index (χ2v) is 4.72. The van der Waals surface area contributed by atoms with Crippen molar-refractivity contribution in [1.29, 1.82) is 0 Å². The van der Waals surface area contributed by atoms with Crippen molar-refractivity contribution in [1.82, 2.24) is 4.57 Å². The summed E-state index contributed by atoms with van der Waals surface area (Å²) in [4.78, 5) is 0. The minimum atomic E-state index is 0.282. The van der Waals surface area contributed by atoms with Gasteiger partial charge >= 0.3 is 0 Å². The molecular weight excluding hydrogens is 184 g/mol. The number of nitrogens with zero attached hydrogens (tertiary/aromatic N) is 1. The van der Waals surface area contributed by atoms with Gasteiger partial charge in [-0.15, -0.1) is 0 Å². The number of hydrogen-bond acceptors (Lipinski definition) is 1. The van der Waals surface area contributed by atoms with Crippen LogP contribution in [0.1, 0.15) is 49.0 Å². The van der Waals surface area contributed by atoms with Gasteiger partial charge in [0.15, 0.2) is 0 Å². The Kier molecular flexibility index (Phi) is 2.17. The molecule has 1 atom stereocenters. The van der Waals surface area contributed by atoms with Crippen LogP contribution in [-0.2, 0) is 6.42 Å². The molecule has 3 rings (SSSR count). The Hall–Kier alpha value is -1.02. The number of fused-ring (bicyclic) bond motifs is 1. The van der Waals surface area contributed by atoms with E-state index in [2.05, 4.69) is 29.0 Å². The van der Waals surface area contributed by atoms with Gasteiger partial charge in [0.1, 0.15) is 0 Å². The van der Waals surface area contributed by atoms with Gasteiger partial charge < -0.3 is 10.3 Å². The first-order valence-electron chi connectivity index (χ1n) is 5.96. The molecule has 1 aromatic rings. The topological polar surface area (TPSA) is 30.9 Å². The Balaban J connectivity index is 1.96. The summed E-state index contributed by atoms with van der Waals surface area (Å²) in [5.41, 5.74) is 9.03. The summed E-state index contributed by atoms with van der Waals surface area (Å²) in [6, 6.07) is 3.18. The summed E-state index contributed by atoms with van der Waals surface area (Å²) in [5.74, 6) is 0. The van der Waals surface area contributed by atoms with E-state index in [-0.39, 0.29) is 6.04 Å². The van der Waals surface area contributed by atoms with E-state index in [1.165, 1.54) is 36.9 Å². The second-order valence-electron chi connectivity index (χ2n) is 4.72. The Morgan fingerprint density at radius 2 is 2.07 bits per heavy atom. The summed E-state index contributed by atoms with van der Waals surface area (Å²) in [6.07, 6.45) is 12.8. The molecule has 0 saturated heterocycles. The fraction of sp³-hybridized carbons (Fsp3) is 0.538. The molecule has 0 aliphatic heterocycles. The van der Waals surface area contributed by atoms with Crippen molar-refractivity contribution in [2.75, 3.05) is 0 Å². The van der Waals surface area contributed by atoms with Gasteiger partial charge in [0, 0.05) is 24.0 Å². The van der Waals surface area contributed by atoms with E-state index in [9.17, 15) is 0 Å². The number of nitrogens with two attached hydrogens (primary N) is 1. The third-order valence-electron chi connectivity index (χ3n) is 3.76. The molecule has 0 amide bonds. The van der Waals surface area contributed by atoms with Crippen LogP contribution >= 0.6 is 0 Å². The zero-order chi connectivity index (χ0) is 10.3. The molecule has 0 radical (unpaired) electrons. The monoisotopic (exact) mass is 202 g/mol. The summed E-state index contributed by atoms with van der Waals surface area (Å²) >= 11 is 0. The van der Waals surface area contributed by atoms with Crippen LogP contribution in [0, 0.1) is 0 Å². The number of hydrogen-bond donors (Lipinski definition) is 1. The zero-order valence-electron chi connectivity index (χ0n) is 9.02. The molecule has 2 heteroatoms. The lowest BCUT2D eigenvalue weighted by Gasteiger charge is -2.23. The van der Waals surface area contributed by atoms with Gasteiger partial charge in [-0.25, -0.2) is 0 Å². The molecule has 1 heterocycles. The molecule has 0 fully saturated rings. The SMILES string of the molecule is NC1CCCc2c1ccn2C1CC=CC1. The van der Waals surface area contributed by atoms with Crippen LogP contribution in [0.2, 0.25) is 0 Å². The highest BCUT2D eigenvalue weighted by atomic mass is 15.0. The van der Waals surface area contributed by atoms with Gasteiger partial charge in [0.2, 0.25) is 0 Å². The van der Waals surface area contributed by atoms with E-state index >= 15 is 0 Å². The molecule has 0 aromatic carbocycles. The average Bonchev–Trinajstić information content (AvgIpc) is 2.85. The van der Waals surface area contributed by atoms with E-state index in [0.717, 1.165) is 6.42 Å². The van der Waals surface area contributed by atoms with Gasteiger partial charge in [-0.05, 0) is 43.7 Å². The standard InChI is InChI=1S/C13H18N2/c14-12-6-3-7-13-11(12)8-9-15(13)10-4-1-2-5-10/h1-2,8-10,12H,3-7,14H2. The lowest BCUT2D eigenvalue weighted by atomic mass is 9.93. The number of rotatable bonds is 1. The molecule has 0 saturated carbocycles. The predicted octanol–water partition coefficient (Wildman–Crippen LogP) is 2.72. The van der Waals surface area contributed by atoms with Crippen molar-refractivity contribution in [2.45, 2.75) is 44.2 Å². The molecule has 1 unspecified atom stereocenters. The van der Waals surface area contributed by atoms with Crippen LogP contribution in [0.15, 0.2) is 24.4 Å². The Bertz CT molecular complexity index is 381. The van der Waals surface area contributed by atoms with Crippen LogP contribution in [0.3, 0.4) is 0 Å². The molecule has 2 aliphatic rings. The summed E-state index contributed by atoms with van der Waals surface area (Å²) in [6.45, 7) is 0. The van der Waals surface area contributed by atoms with E-state index in [0.29, 0.717) is 6.04 Å². The lowest BCUT2D eigenvalue weighted by Crippen LogP contribution is -2.19. The summed E-state index contributed by atoms with van der Waals surface area (Å²) in [5, 5.41) is 0. The first-order valence-corrected chi connectivity index (χ1v) is 5.96. The van der Waals surface area contributed by atoms with Crippen molar-refractivity contribution in [3.8, 4) is 0 Å². The number of aromatic nitrogens is 1. The van der Waals surface area contributed by atoms with Gasteiger partial charge in [0.05, 0.1) is 0 Å². The Morgan fingerprint density at radius 1 is 1.27 bits per heavy atom. The molecule has 80 valence electrons. The van der Waals surface area contributed by atoms with Crippen molar-refractivity contribution >= 4 is 0 Å². The Morgan fingerprint density at radius 3 is 2.87 bits per heavy atom. The van der Waals surface area contributed by atoms with Gasteiger partial charge in [-0.1, -0.05) is 12.2 Å². The van der Waals surface area contributed by atoms with E-state index < -0.39 is 0 Å². The number of allylic oxidation sites excluding steroid dienone is 2. The first kappa shape index (κ1) is 9.22. The third kappa shape index (κ3) is 1.44. The van der Waals surface area contributed by atoms with E-state index in [1.807, 2.05) is 0 Å². The van der Waals surface area contributed by atoms with E-state index in [1.54, 1.807) is 0 Å². The molecule has 2 N–H and O–H groups in total. The maximum Gasteiger partial charge on any atom is 0.0402 e. The molecule has 0 spiro atoms. The van der Waals surface area contributed by atoms with Crippen LogP contribution in [0.25, 0.3) is 0 Å². The van der Waals surface area contributed by atoms with Crippen molar-refractivity contribution in [2.24, 2.45) is 5.73 Å². The largest absolute Gasteiger partial charge is 0.347 e. The van der Waals surface area contributed by atoms with Crippen molar-refractivity contribution in [3.63, 3.8) is 0 Å². The molecule has 2 nitrogen and oxygen atoms in total. The second kappa shape index (κ2) is 3.53. The molecular formula is C13H18N2. The molecule has 0 bridgehead atoms. The van der Waals surface area contributed by atoms with Crippen LogP contribution in [0.4, 0.5) is 0 Å². The fourth-order valence-electron chi connectivity index (χ4n) is 2.92. The Labute approximate surface area is 90.8 Å². The highest BCUT2D eigenvalue weighted by molar-refractivity contribution is 5.29. The summed E-state index contributed by atoms with van der Waals surface area (Å²) < 4.78 is 2.47. The van der Waals surface area contributed by atoms with E-state index in [4.69, 9.17) is 5.73 Å². The lowest BCUT2D eigenvalue weighted by molar-refractivity contribution is 0.484. The molecule has 15 heavy (non-hydrogen) atoms. The minimum Gasteiger partial charge on any atom is -0.347 e. The normalized spacial score (nSPS) is 25.8. The zero-order valence-corrected chi connectivity index (χ0v) is 9.02. The molecule has 2 aliphatic carbocycles. The van der Waals surface area contributed by atoms with Gasteiger partial charge in [0.25, 0.3) is 0 Å². The third-order valence-corrected chi connectivity index (χ3v) is 3.76. The quantitative estimate of drug-likeness (QED) is 0.697.